The van der Waals surface area contributed by atoms with Crippen molar-refractivity contribution < 1.29 is 0 Å². The molecule has 16 heavy (non-hydrogen) atoms. The van der Waals surface area contributed by atoms with E-state index in [1.54, 1.807) is 24.5 Å². The Morgan fingerprint density at radius 1 is 0.750 bits per heavy atom. The highest BCUT2D eigenvalue weighted by atomic mass is 14.6. The molecule has 0 spiro atoms. The normalized spacial score (nSPS) is 8.69. The number of nitriles is 1. The van der Waals surface area contributed by atoms with E-state index in [1.807, 2.05) is 24.3 Å². The summed E-state index contributed by atoms with van der Waals surface area (Å²) in [5.41, 5.74) is 2.48. The fourth-order valence-electron chi connectivity index (χ4n) is 1.21. The van der Waals surface area contributed by atoms with Gasteiger partial charge in [-0.3, -0.25) is 4.98 Å². The largest absolute Gasteiger partial charge is 0.265 e. The summed E-state index contributed by atoms with van der Waals surface area (Å²) in [6, 6.07) is 13.0. The van der Waals surface area contributed by atoms with Gasteiger partial charge in [-0.05, 0) is 36.4 Å². The molecule has 0 radical (unpaired) electrons. The maximum Gasteiger partial charge on any atom is 0.0991 e. The molecule has 1 heterocycles. The van der Waals surface area contributed by atoms with E-state index in [4.69, 9.17) is 5.26 Å². The molecule has 0 bridgehead atoms. The number of nitrogens with zero attached hydrogens (tertiary/aromatic N) is 2. The summed E-state index contributed by atoms with van der Waals surface area (Å²) in [6.45, 7) is 0. The highest BCUT2D eigenvalue weighted by Gasteiger charge is 1.89. The lowest BCUT2D eigenvalue weighted by molar-refractivity contribution is 1.32. The van der Waals surface area contributed by atoms with Crippen LogP contribution in [0.15, 0.2) is 48.8 Å². The summed E-state index contributed by atoms with van der Waals surface area (Å²) in [5.74, 6) is 6.05. The average Bonchev–Trinajstić information content (AvgIpc) is 2.38. The van der Waals surface area contributed by atoms with Crippen LogP contribution in [-0.4, -0.2) is 4.98 Å². The number of rotatable bonds is 0. The SMILES string of the molecule is N#Cc1ccc(C#Cc2ccncc2)cc1. The Morgan fingerprint density at radius 3 is 1.81 bits per heavy atom. The van der Waals surface area contributed by atoms with Crippen molar-refractivity contribution in [3.05, 3.63) is 65.5 Å². The molecule has 2 rings (SSSR count). The smallest absolute Gasteiger partial charge is 0.0991 e. The van der Waals surface area contributed by atoms with Gasteiger partial charge in [0.1, 0.15) is 0 Å². The van der Waals surface area contributed by atoms with Gasteiger partial charge in [0.15, 0.2) is 0 Å². The van der Waals surface area contributed by atoms with Crippen molar-refractivity contribution in [1.82, 2.24) is 4.98 Å². The van der Waals surface area contributed by atoms with Crippen LogP contribution in [0, 0.1) is 23.2 Å². The van der Waals surface area contributed by atoms with Gasteiger partial charge in [-0.15, -0.1) is 0 Å². The standard InChI is InChI=1S/C14H8N2/c15-11-14-5-3-12(4-6-14)1-2-13-7-9-16-10-8-13/h3-10H. The van der Waals surface area contributed by atoms with E-state index in [0.29, 0.717) is 5.56 Å². The van der Waals surface area contributed by atoms with Crippen LogP contribution in [0.5, 0.6) is 0 Å². The van der Waals surface area contributed by atoms with Crippen LogP contribution in [-0.2, 0) is 0 Å². The number of aromatic nitrogens is 1. The Balaban J connectivity index is 2.22. The van der Waals surface area contributed by atoms with E-state index in [9.17, 15) is 0 Å². The maximum absolute atomic E-state index is 8.64. The minimum Gasteiger partial charge on any atom is -0.265 e. The first-order valence-corrected chi connectivity index (χ1v) is 4.81. The van der Waals surface area contributed by atoms with Crippen molar-refractivity contribution in [3.63, 3.8) is 0 Å². The second kappa shape index (κ2) is 4.77. The summed E-state index contributed by atoms with van der Waals surface area (Å²) >= 11 is 0. The van der Waals surface area contributed by atoms with Crippen LogP contribution in [0.25, 0.3) is 0 Å². The van der Waals surface area contributed by atoms with Gasteiger partial charge in [0.05, 0.1) is 11.6 Å². The fraction of sp³-hybridized carbons (Fsp3) is 0. The van der Waals surface area contributed by atoms with Gasteiger partial charge in [0.2, 0.25) is 0 Å². The number of benzene rings is 1. The predicted octanol–water partition coefficient (Wildman–Crippen LogP) is 2.35. The van der Waals surface area contributed by atoms with Gasteiger partial charge in [-0.25, -0.2) is 0 Å². The first kappa shape index (κ1) is 9.96. The molecule has 2 heteroatoms. The minimum absolute atomic E-state index is 0.648. The van der Waals surface area contributed by atoms with Crippen LogP contribution in [0.1, 0.15) is 16.7 Å². The summed E-state index contributed by atoms with van der Waals surface area (Å²) in [5, 5.41) is 8.64. The Kier molecular flexibility index (Phi) is 2.97. The van der Waals surface area contributed by atoms with Crippen molar-refractivity contribution >= 4 is 0 Å². The van der Waals surface area contributed by atoms with E-state index < -0.39 is 0 Å². The van der Waals surface area contributed by atoms with E-state index in [-0.39, 0.29) is 0 Å². The molecule has 0 saturated carbocycles. The highest BCUT2D eigenvalue weighted by Crippen LogP contribution is 2.02. The molecular weight excluding hydrogens is 196 g/mol. The third-order valence-electron chi connectivity index (χ3n) is 2.05. The summed E-state index contributed by atoms with van der Waals surface area (Å²) in [7, 11) is 0. The molecule has 1 aromatic heterocycles. The molecule has 74 valence electrons. The van der Waals surface area contributed by atoms with Gasteiger partial charge >= 0.3 is 0 Å². The second-order valence-corrected chi connectivity index (χ2v) is 3.18. The minimum atomic E-state index is 0.648. The number of pyridine rings is 1. The van der Waals surface area contributed by atoms with Gasteiger partial charge < -0.3 is 0 Å². The van der Waals surface area contributed by atoms with E-state index in [1.165, 1.54) is 0 Å². The molecule has 1 aromatic carbocycles. The average molecular weight is 204 g/mol. The first-order chi connectivity index (χ1) is 7.88. The van der Waals surface area contributed by atoms with E-state index in [0.717, 1.165) is 11.1 Å². The lowest BCUT2D eigenvalue weighted by atomic mass is 10.1. The Bertz CT molecular complexity index is 566. The van der Waals surface area contributed by atoms with Crippen LogP contribution in [0.2, 0.25) is 0 Å². The van der Waals surface area contributed by atoms with Crippen LogP contribution in [0.4, 0.5) is 0 Å². The molecule has 0 aliphatic rings. The quantitative estimate of drug-likeness (QED) is 0.617. The molecule has 2 aromatic rings. The molecule has 2 nitrogen and oxygen atoms in total. The van der Waals surface area contributed by atoms with Gasteiger partial charge in [-0.1, -0.05) is 11.8 Å². The maximum atomic E-state index is 8.64. The third kappa shape index (κ3) is 2.47. The molecule has 0 atom stereocenters. The third-order valence-corrected chi connectivity index (χ3v) is 2.05. The van der Waals surface area contributed by atoms with Crippen molar-refractivity contribution in [2.24, 2.45) is 0 Å². The number of hydrogen-bond donors (Lipinski definition) is 0. The van der Waals surface area contributed by atoms with Crippen molar-refractivity contribution in [2.75, 3.05) is 0 Å². The first-order valence-electron chi connectivity index (χ1n) is 4.81. The zero-order chi connectivity index (χ0) is 11.2. The van der Waals surface area contributed by atoms with E-state index in [2.05, 4.69) is 22.9 Å². The van der Waals surface area contributed by atoms with Crippen molar-refractivity contribution in [2.45, 2.75) is 0 Å². The molecule has 0 fully saturated rings. The fourth-order valence-corrected chi connectivity index (χ4v) is 1.21. The highest BCUT2D eigenvalue weighted by molar-refractivity contribution is 5.44. The molecule has 0 aliphatic carbocycles. The van der Waals surface area contributed by atoms with Crippen LogP contribution in [0.3, 0.4) is 0 Å². The summed E-state index contributed by atoms with van der Waals surface area (Å²) in [4.78, 5) is 3.92. The molecule has 0 saturated heterocycles. The number of hydrogen-bond acceptors (Lipinski definition) is 2. The monoisotopic (exact) mass is 204 g/mol. The summed E-state index contributed by atoms with van der Waals surface area (Å²) in [6.07, 6.45) is 3.42. The molecule has 0 N–H and O–H groups in total. The molecule has 0 unspecified atom stereocenters. The Labute approximate surface area is 94.2 Å². The Hall–Kier alpha value is -2.58. The van der Waals surface area contributed by atoms with Crippen LogP contribution < -0.4 is 0 Å². The van der Waals surface area contributed by atoms with Gasteiger partial charge in [-0.2, -0.15) is 5.26 Å². The molecule has 0 aliphatic heterocycles. The van der Waals surface area contributed by atoms with Crippen LogP contribution >= 0.6 is 0 Å². The van der Waals surface area contributed by atoms with Crippen molar-refractivity contribution in [3.8, 4) is 17.9 Å². The van der Waals surface area contributed by atoms with Crippen molar-refractivity contribution in [1.29, 1.82) is 5.26 Å². The zero-order valence-corrected chi connectivity index (χ0v) is 8.51. The topological polar surface area (TPSA) is 36.7 Å². The lowest BCUT2D eigenvalue weighted by Crippen LogP contribution is -1.78. The van der Waals surface area contributed by atoms with Gasteiger partial charge in [0.25, 0.3) is 0 Å². The lowest BCUT2D eigenvalue weighted by Gasteiger charge is -1.90. The zero-order valence-electron chi connectivity index (χ0n) is 8.51. The van der Waals surface area contributed by atoms with Gasteiger partial charge in [0, 0.05) is 23.5 Å². The molecular formula is C14H8N2. The predicted molar refractivity (Wildman–Crippen MR) is 61.4 cm³/mol. The van der Waals surface area contributed by atoms with E-state index >= 15 is 0 Å². The summed E-state index contributed by atoms with van der Waals surface area (Å²) < 4.78 is 0. The Morgan fingerprint density at radius 2 is 1.25 bits per heavy atom. The second-order valence-electron chi connectivity index (χ2n) is 3.18. The molecule has 0 amide bonds.